The highest BCUT2D eigenvalue weighted by Crippen LogP contribution is 2.24. The summed E-state index contributed by atoms with van der Waals surface area (Å²) in [7, 11) is 5.73. The van der Waals surface area contributed by atoms with Crippen molar-refractivity contribution in [3.05, 3.63) is 41.1 Å². The van der Waals surface area contributed by atoms with Gasteiger partial charge < -0.3 is 9.64 Å². The summed E-state index contributed by atoms with van der Waals surface area (Å²) in [5.41, 5.74) is 3.47. The van der Waals surface area contributed by atoms with E-state index in [1.807, 2.05) is 50.1 Å². The third-order valence-corrected chi connectivity index (χ3v) is 5.36. The van der Waals surface area contributed by atoms with Crippen LogP contribution in [0.2, 0.25) is 0 Å². The van der Waals surface area contributed by atoms with E-state index >= 15 is 0 Å². The number of aromatic nitrogens is 1. The van der Waals surface area contributed by atoms with Gasteiger partial charge >= 0.3 is 0 Å². The molecule has 5 nitrogen and oxygen atoms in total. The van der Waals surface area contributed by atoms with Gasteiger partial charge in [-0.1, -0.05) is 18.2 Å². The van der Waals surface area contributed by atoms with Gasteiger partial charge in [0.2, 0.25) is 0 Å². The molecule has 1 saturated heterocycles. The van der Waals surface area contributed by atoms with Crippen molar-refractivity contribution in [3.63, 3.8) is 0 Å². The Morgan fingerprint density at radius 2 is 2.08 bits per heavy atom. The monoisotopic (exact) mass is 341 g/mol. The van der Waals surface area contributed by atoms with Crippen molar-refractivity contribution < 1.29 is 9.53 Å². The smallest absolute Gasteiger partial charge is 0.255 e. The number of fused-ring (bicyclic) bond motifs is 1. The molecule has 2 atom stereocenters. The van der Waals surface area contributed by atoms with E-state index in [1.165, 1.54) is 0 Å². The first kappa shape index (κ1) is 17.8. The van der Waals surface area contributed by atoms with Crippen LogP contribution >= 0.6 is 0 Å². The lowest BCUT2D eigenvalue weighted by molar-refractivity contribution is 0.0758. The van der Waals surface area contributed by atoms with Gasteiger partial charge in [0.25, 0.3) is 5.91 Å². The van der Waals surface area contributed by atoms with Crippen LogP contribution in [-0.2, 0) is 4.74 Å². The molecule has 0 aliphatic carbocycles. The molecule has 0 N–H and O–H groups in total. The van der Waals surface area contributed by atoms with E-state index in [1.54, 1.807) is 7.11 Å². The number of carbonyl (C=O) groups excluding carboxylic acids is 1. The quantitative estimate of drug-likeness (QED) is 0.858. The van der Waals surface area contributed by atoms with Crippen LogP contribution < -0.4 is 0 Å². The molecule has 1 aliphatic heterocycles. The summed E-state index contributed by atoms with van der Waals surface area (Å²) in [5, 5.41) is 1.04. The number of ether oxygens (including phenoxy) is 1. The van der Waals surface area contributed by atoms with E-state index in [0.29, 0.717) is 12.6 Å². The van der Waals surface area contributed by atoms with Crippen molar-refractivity contribution in [2.75, 3.05) is 34.3 Å². The largest absolute Gasteiger partial charge is 0.380 e. The molecule has 25 heavy (non-hydrogen) atoms. The van der Waals surface area contributed by atoms with E-state index in [2.05, 4.69) is 16.9 Å². The number of aryl methyl sites for hydroxylation is 2. The highest BCUT2D eigenvalue weighted by atomic mass is 16.5. The molecule has 5 heteroatoms. The molecular formula is C20H27N3O2. The van der Waals surface area contributed by atoms with Crippen LogP contribution in [0.3, 0.4) is 0 Å². The molecule has 0 bridgehead atoms. The molecule has 0 spiro atoms. The Morgan fingerprint density at radius 3 is 2.76 bits per heavy atom. The predicted molar refractivity (Wildman–Crippen MR) is 100 cm³/mol. The molecule has 1 aliphatic rings. The number of hydrogen-bond acceptors (Lipinski definition) is 4. The van der Waals surface area contributed by atoms with Crippen LogP contribution in [-0.4, -0.2) is 67.1 Å². The maximum atomic E-state index is 13.1. The minimum absolute atomic E-state index is 0.0440. The number of amides is 1. The molecule has 1 aromatic carbocycles. The van der Waals surface area contributed by atoms with E-state index in [4.69, 9.17) is 4.74 Å². The van der Waals surface area contributed by atoms with Crippen molar-refractivity contribution in [3.8, 4) is 0 Å². The standard InChI is InChI=1S/C20H27N3O2/c1-13-17-8-6-7-9-18(17)21-14(2)19(13)20(24)23(4)11-15-10-16(25-5)12-22(15)3/h6-9,15-16H,10-12H2,1-5H3/t15-,16-/m0/s1. The number of pyridine rings is 1. The number of rotatable bonds is 4. The third-order valence-electron chi connectivity index (χ3n) is 5.36. The zero-order valence-electron chi connectivity index (χ0n) is 15.7. The molecule has 1 amide bonds. The van der Waals surface area contributed by atoms with Gasteiger partial charge in [-0.25, -0.2) is 0 Å². The Labute approximate surface area is 149 Å². The van der Waals surface area contributed by atoms with Gasteiger partial charge in [0, 0.05) is 38.7 Å². The van der Waals surface area contributed by atoms with E-state index in [-0.39, 0.29) is 12.0 Å². The zero-order valence-corrected chi connectivity index (χ0v) is 15.7. The van der Waals surface area contributed by atoms with Gasteiger partial charge in [0.1, 0.15) is 0 Å². The summed E-state index contributed by atoms with van der Waals surface area (Å²) in [6.45, 7) is 5.55. The average molecular weight is 341 g/mol. The minimum Gasteiger partial charge on any atom is -0.380 e. The SMILES string of the molecule is CO[C@H]1C[C@@H](CN(C)C(=O)c2c(C)nc3ccccc3c2C)N(C)C1. The number of hydrogen-bond donors (Lipinski definition) is 0. The Hall–Kier alpha value is -1.98. The van der Waals surface area contributed by atoms with Crippen LogP contribution in [0, 0.1) is 13.8 Å². The number of carbonyl (C=O) groups is 1. The maximum Gasteiger partial charge on any atom is 0.255 e. The molecule has 1 aromatic heterocycles. The molecule has 2 aromatic rings. The second kappa shape index (κ2) is 7.10. The second-order valence-corrected chi connectivity index (χ2v) is 7.09. The molecule has 134 valence electrons. The lowest BCUT2D eigenvalue weighted by Crippen LogP contribution is -2.40. The number of methoxy groups -OCH3 is 1. The van der Waals surface area contributed by atoms with Crippen molar-refractivity contribution >= 4 is 16.8 Å². The van der Waals surface area contributed by atoms with Gasteiger partial charge in [-0.05, 0) is 38.9 Å². The van der Waals surface area contributed by atoms with Crippen molar-refractivity contribution in [2.24, 2.45) is 0 Å². The lowest BCUT2D eigenvalue weighted by atomic mass is 10.0. The van der Waals surface area contributed by atoms with Gasteiger partial charge in [-0.15, -0.1) is 0 Å². The fourth-order valence-electron chi connectivity index (χ4n) is 3.85. The highest BCUT2D eigenvalue weighted by molar-refractivity contribution is 6.01. The summed E-state index contributed by atoms with van der Waals surface area (Å²) >= 11 is 0. The second-order valence-electron chi connectivity index (χ2n) is 7.09. The van der Waals surface area contributed by atoms with Crippen LogP contribution in [0.25, 0.3) is 10.9 Å². The third kappa shape index (κ3) is 3.39. The molecule has 3 rings (SSSR count). The first-order chi connectivity index (χ1) is 11.9. The minimum atomic E-state index is 0.0440. The van der Waals surface area contributed by atoms with Gasteiger partial charge in [0.05, 0.1) is 22.9 Å². The van der Waals surface area contributed by atoms with Gasteiger partial charge in [-0.3, -0.25) is 14.7 Å². The number of likely N-dealkylation sites (N-methyl/N-ethyl adjacent to an activating group) is 2. The predicted octanol–water partition coefficient (Wildman–Crippen LogP) is 2.64. The van der Waals surface area contributed by atoms with Gasteiger partial charge in [-0.2, -0.15) is 0 Å². The topological polar surface area (TPSA) is 45.7 Å². The molecule has 0 unspecified atom stereocenters. The number of benzene rings is 1. The first-order valence-electron chi connectivity index (χ1n) is 8.76. The van der Waals surface area contributed by atoms with Crippen LogP contribution in [0.4, 0.5) is 0 Å². The number of nitrogens with zero attached hydrogens (tertiary/aromatic N) is 3. The fraction of sp³-hybridized carbons (Fsp3) is 0.500. The van der Waals surface area contributed by atoms with Crippen molar-refractivity contribution in [1.82, 2.24) is 14.8 Å². The van der Waals surface area contributed by atoms with Crippen molar-refractivity contribution in [1.29, 1.82) is 0 Å². The summed E-state index contributed by atoms with van der Waals surface area (Å²) in [4.78, 5) is 21.8. The lowest BCUT2D eigenvalue weighted by Gasteiger charge is -2.26. The summed E-state index contributed by atoms with van der Waals surface area (Å²) in [5.74, 6) is 0.0440. The van der Waals surface area contributed by atoms with Crippen LogP contribution in [0.5, 0.6) is 0 Å². The number of likely N-dealkylation sites (tertiary alicyclic amines) is 1. The Bertz CT molecular complexity index is 790. The molecule has 1 fully saturated rings. The number of para-hydroxylation sites is 1. The van der Waals surface area contributed by atoms with Crippen molar-refractivity contribution in [2.45, 2.75) is 32.4 Å². The highest BCUT2D eigenvalue weighted by Gasteiger charge is 2.31. The molecule has 2 heterocycles. The normalized spacial score (nSPS) is 21.0. The summed E-state index contributed by atoms with van der Waals surface area (Å²) in [6.07, 6.45) is 1.21. The van der Waals surface area contributed by atoms with E-state index < -0.39 is 0 Å². The Kier molecular flexibility index (Phi) is 5.06. The molecule has 0 radical (unpaired) electrons. The fourth-order valence-corrected chi connectivity index (χ4v) is 3.85. The molecule has 0 saturated carbocycles. The summed E-state index contributed by atoms with van der Waals surface area (Å²) in [6, 6.07) is 8.31. The van der Waals surface area contributed by atoms with Crippen LogP contribution in [0.1, 0.15) is 28.0 Å². The Morgan fingerprint density at radius 1 is 1.36 bits per heavy atom. The first-order valence-corrected chi connectivity index (χ1v) is 8.76. The molecular weight excluding hydrogens is 314 g/mol. The average Bonchev–Trinajstić information content (AvgIpc) is 2.94. The Balaban J connectivity index is 1.84. The maximum absolute atomic E-state index is 13.1. The van der Waals surface area contributed by atoms with E-state index in [0.717, 1.165) is 40.7 Å². The van der Waals surface area contributed by atoms with E-state index in [9.17, 15) is 4.79 Å². The summed E-state index contributed by atoms with van der Waals surface area (Å²) < 4.78 is 5.47. The van der Waals surface area contributed by atoms with Crippen LogP contribution in [0.15, 0.2) is 24.3 Å². The zero-order chi connectivity index (χ0) is 18.1. The van der Waals surface area contributed by atoms with Gasteiger partial charge in [0.15, 0.2) is 0 Å².